The molecule has 16 heavy (non-hydrogen) atoms. The number of ether oxygens (including phenoxy) is 2. The molecule has 0 aliphatic heterocycles. The monoisotopic (exact) mass is 222 g/mol. The second-order valence-electron chi connectivity index (χ2n) is 3.96. The molecule has 1 aliphatic rings. The number of anilines is 1. The van der Waals surface area contributed by atoms with E-state index in [9.17, 15) is 0 Å². The van der Waals surface area contributed by atoms with Gasteiger partial charge in [0.2, 0.25) is 5.88 Å². The number of hydrogen-bond acceptors (Lipinski definition) is 4. The number of nitrogens with zero attached hydrogens (tertiary/aromatic N) is 1. The zero-order valence-electron chi connectivity index (χ0n) is 9.77. The lowest BCUT2D eigenvalue weighted by Gasteiger charge is -2.34. The average Bonchev–Trinajstić information content (AvgIpc) is 2.24. The van der Waals surface area contributed by atoms with Gasteiger partial charge in [-0.2, -0.15) is 4.98 Å². The van der Waals surface area contributed by atoms with Crippen molar-refractivity contribution in [1.82, 2.24) is 4.98 Å². The van der Waals surface area contributed by atoms with E-state index in [1.165, 1.54) is 0 Å². The summed E-state index contributed by atoms with van der Waals surface area (Å²) >= 11 is 0. The number of hydrogen-bond donors (Lipinski definition) is 1. The lowest BCUT2D eigenvalue weighted by atomic mass is 9.89. The number of aromatic nitrogens is 1. The van der Waals surface area contributed by atoms with Crippen molar-refractivity contribution in [2.45, 2.75) is 31.9 Å². The minimum absolute atomic E-state index is 0.410. The first-order valence-corrected chi connectivity index (χ1v) is 5.71. The molecule has 1 saturated carbocycles. The van der Waals surface area contributed by atoms with E-state index in [1.807, 2.05) is 25.1 Å². The van der Waals surface area contributed by atoms with Gasteiger partial charge in [-0.1, -0.05) is 6.07 Å². The molecule has 0 unspecified atom stereocenters. The van der Waals surface area contributed by atoms with Crippen LogP contribution in [0.3, 0.4) is 0 Å². The third kappa shape index (κ3) is 2.64. The van der Waals surface area contributed by atoms with Crippen molar-refractivity contribution in [3.63, 3.8) is 0 Å². The molecule has 0 amide bonds. The molecule has 0 bridgehead atoms. The molecule has 1 aromatic heterocycles. The topological polar surface area (TPSA) is 43.4 Å². The first-order valence-electron chi connectivity index (χ1n) is 5.71. The Labute approximate surface area is 96.0 Å². The van der Waals surface area contributed by atoms with Gasteiger partial charge in [-0.15, -0.1) is 0 Å². The number of pyridine rings is 1. The van der Waals surface area contributed by atoms with Crippen molar-refractivity contribution in [3.8, 4) is 5.88 Å². The summed E-state index contributed by atoms with van der Waals surface area (Å²) in [5.41, 5.74) is 0. The highest BCUT2D eigenvalue weighted by molar-refractivity contribution is 5.38. The smallest absolute Gasteiger partial charge is 0.215 e. The van der Waals surface area contributed by atoms with E-state index >= 15 is 0 Å². The van der Waals surface area contributed by atoms with Gasteiger partial charge in [0.1, 0.15) is 5.82 Å². The Bertz CT molecular complexity index is 338. The molecule has 2 rings (SSSR count). The fraction of sp³-hybridized carbons (Fsp3) is 0.583. The van der Waals surface area contributed by atoms with Crippen molar-refractivity contribution in [2.24, 2.45) is 0 Å². The molecule has 1 heterocycles. The minimum Gasteiger partial charge on any atom is -0.478 e. The normalized spacial score (nSPS) is 23.6. The van der Waals surface area contributed by atoms with Crippen molar-refractivity contribution in [1.29, 1.82) is 0 Å². The Morgan fingerprint density at radius 3 is 2.94 bits per heavy atom. The summed E-state index contributed by atoms with van der Waals surface area (Å²) in [5, 5.41) is 3.37. The van der Waals surface area contributed by atoms with E-state index in [1.54, 1.807) is 7.11 Å². The van der Waals surface area contributed by atoms with E-state index in [-0.39, 0.29) is 0 Å². The largest absolute Gasteiger partial charge is 0.478 e. The quantitative estimate of drug-likeness (QED) is 0.828. The van der Waals surface area contributed by atoms with Gasteiger partial charge in [0.05, 0.1) is 12.7 Å². The van der Waals surface area contributed by atoms with Crippen LogP contribution >= 0.6 is 0 Å². The van der Waals surface area contributed by atoms with Crippen LogP contribution in [0.25, 0.3) is 0 Å². The van der Waals surface area contributed by atoms with Gasteiger partial charge in [-0.05, 0) is 25.8 Å². The highest BCUT2D eigenvalue weighted by atomic mass is 16.5. The summed E-state index contributed by atoms with van der Waals surface area (Å²) in [7, 11) is 1.76. The maximum Gasteiger partial charge on any atom is 0.215 e. The van der Waals surface area contributed by atoms with Crippen molar-refractivity contribution < 1.29 is 9.47 Å². The highest BCUT2D eigenvalue weighted by Gasteiger charge is 2.28. The Morgan fingerprint density at radius 2 is 2.25 bits per heavy atom. The number of methoxy groups -OCH3 is 1. The van der Waals surface area contributed by atoms with Gasteiger partial charge in [0.25, 0.3) is 0 Å². The first-order chi connectivity index (χ1) is 7.81. The zero-order chi connectivity index (χ0) is 11.4. The number of nitrogens with one attached hydrogen (secondary N) is 1. The molecular weight excluding hydrogens is 204 g/mol. The predicted octanol–water partition coefficient (Wildman–Crippen LogP) is 2.07. The predicted molar refractivity (Wildman–Crippen MR) is 62.8 cm³/mol. The summed E-state index contributed by atoms with van der Waals surface area (Å²) in [6.45, 7) is 2.60. The van der Waals surface area contributed by atoms with Crippen molar-refractivity contribution in [2.75, 3.05) is 19.0 Å². The molecule has 0 aromatic carbocycles. The summed E-state index contributed by atoms with van der Waals surface area (Å²) in [4.78, 5) is 4.36. The molecule has 4 nitrogen and oxygen atoms in total. The molecule has 1 N–H and O–H groups in total. The van der Waals surface area contributed by atoms with E-state index < -0.39 is 0 Å². The molecule has 1 aromatic rings. The zero-order valence-corrected chi connectivity index (χ0v) is 9.77. The van der Waals surface area contributed by atoms with E-state index in [4.69, 9.17) is 9.47 Å². The molecule has 88 valence electrons. The molecule has 0 atom stereocenters. The van der Waals surface area contributed by atoms with Crippen LogP contribution < -0.4 is 10.1 Å². The maximum absolute atomic E-state index is 5.35. The third-order valence-corrected chi connectivity index (χ3v) is 2.80. The summed E-state index contributed by atoms with van der Waals surface area (Å²) in [6, 6.07) is 6.26. The SMILES string of the molecule is CCOc1cccc(NC2CC(OC)C2)n1. The standard InChI is InChI=1S/C12H18N2O2/c1-3-16-12-6-4-5-11(14-12)13-9-7-10(8-9)15-2/h4-6,9-10H,3,7-8H2,1-2H3,(H,13,14). The highest BCUT2D eigenvalue weighted by Crippen LogP contribution is 2.26. The molecule has 4 heteroatoms. The van der Waals surface area contributed by atoms with Gasteiger partial charge < -0.3 is 14.8 Å². The average molecular weight is 222 g/mol. The summed E-state index contributed by atoms with van der Waals surface area (Å²) in [5.74, 6) is 1.56. The second-order valence-corrected chi connectivity index (χ2v) is 3.96. The number of rotatable bonds is 5. The molecule has 0 spiro atoms. The fourth-order valence-electron chi connectivity index (χ4n) is 1.81. The fourth-order valence-corrected chi connectivity index (χ4v) is 1.81. The van der Waals surface area contributed by atoms with Gasteiger partial charge in [-0.3, -0.25) is 0 Å². The molecular formula is C12H18N2O2. The van der Waals surface area contributed by atoms with Crippen LogP contribution in [0.15, 0.2) is 18.2 Å². The maximum atomic E-state index is 5.35. The van der Waals surface area contributed by atoms with Crippen LogP contribution in [0, 0.1) is 0 Å². The minimum atomic E-state index is 0.410. The van der Waals surface area contributed by atoms with Gasteiger partial charge >= 0.3 is 0 Å². The van der Waals surface area contributed by atoms with Gasteiger partial charge in [-0.25, -0.2) is 0 Å². The van der Waals surface area contributed by atoms with Crippen molar-refractivity contribution >= 4 is 5.82 Å². The first kappa shape index (κ1) is 11.2. The lowest BCUT2D eigenvalue weighted by molar-refractivity contribution is 0.0328. The Balaban J connectivity index is 1.87. The molecule has 0 saturated heterocycles. The molecule has 1 aliphatic carbocycles. The van der Waals surface area contributed by atoms with Crippen LogP contribution in [-0.4, -0.2) is 30.8 Å². The van der Waals surface area contributed by atoms with E-state index in [0.29, 0.717) is 24.6 Å². The summed E-state index contributed by atoms with van der Waals surface area (Å²) in [6.07, 6.45) is 2.52. The Kier molecular flexibility index (Phi) is 3.62. The Hall–Kier alpha value is -1.29. The van der Waals surface area contributed by atoms with Crippen molar-refractivity contribution in [3.05, 3.63) is 18.2 Å². The molecule has 0 radical (unpaired) electrons. The van der Waals surface area contributed by atoms with Crippen LogP contribution in [0.5, 0.6) is 5.88 Å². The second kappa shape index (κ2) is 5.16. The van der Waals surface area contributed by atoms with Gasteiger partial charge in [0.15, 0.2) is 0 Å². The molecule has 1 fully saturated rings. The van der Waals surface area contributed by atoms with Crippen LogP contribution in [-0.2, 0) is 4.74 Å². The van der Waals surface area contributed by atoms with Crippen LogP contribution in [0.4, 0.5) is 5.82 Å². The van der Waals surface area contributed by atoms with Crippen LogP contribution in [0.2, 0.25) is 0 Å². The third-order valence-electron chi connectivity index (χ3n) is 2.80. The van der Waals surface area contributed by atoms with Crippen LogP contribution in [0.1, 0.15) is 19.8 Å². The summed E-state index contributed by atoms with van der Waals surface area (Å²) < 4.78 is 10.6. The van der Waals surface area contributed by atoms with Gasteiger partial charge in [0, 0.05) is 19.2 Å². The Morgan fingerprint density at radius 1 is 1.44 bits per heavy atom. The van der Waals surface area contributed by atoms with E-state index in [0.717, 1.165) is 18.7 Å². The van der Waals surface area contributed by atoms with E-state index in [2.05, 4.69) is 10.3 Å². The lowest BCUT2D eigenvalue weighted by Crippen LogP contribution is -2.40.